The van der Waals surface area contributed by atoms with E-state index in [4.69, 9.17) is 15.8 Å². The smallest absolute Gasteiger partial charge is 0.176 e. The van der Waals surface area contributed by atoms with Gasteiger partial charge >= 0.3 is 0 Å². The highest BCUT2D eigenvalue weighted by Crippen LogP contribution is 2.27. The molecule has 4 nitrogen and oxygen atoms in total. The van der Waals surface area contributed by atoms with Gasteiger partial charge in [-0.1, -0.05) is 0 Å². The van der Waals surface area contributed by atoms with Crippen molar-refractivity contribution in [3.63, 3.8) is 0 Å². The zero-order valence-electron chi connectivity index (χ0n) is 6.03. The number of Topliss-reactive ketones (excluding diaryl/α,β-unsaturated/α-hetero) is 1. The summed E-state index contributed by atoms with van der Waals surface area (Å²) in [4.78, 5) is 11.0. The van der Waals surface area contributed by atoms with Crippen LogP contribution in [0.5, 0.6) is 0 Å². The first kappa shape index (κ1) is 7.98. The second-order valence-electron chi connectivity index (χ2n) is 2.32. The maximum atomic E-state index is 11.0. The summed E-state index contributed by atoms with van der Waals surface area (Å²) in [6.45, 7) is 0. The minimum absolute atomic E-state index is 0.0185. The van der Waals surface area contributed by atoms with Crippen LogP contribution in [0.3, 0.4) is 0 Å². The SMILES string of the molecule is N#CC1=C(C#N)C(C#N)CC1=O. The normalized spacial score (nSPS) is 21.4. The number of nitriles is 3. The molecule has 0 saturated heterocycles. The van der Waals surface area contributed by atoms with Gasteiger partial charge in [0, 0.05) is 6.42 Å². The van der Waals surface area contributed by atoms with Gasteiger partial charge in [-0.15, -0.1) is 0 Å². The topological polar surface area (TPSA) is 88.4 Å². The number of hydrogen-bond donors (Lipinski definition) is 0. The molecule has 0 aromatic rings. The van der Waals surface area contributed by atoms with E-state index >= 15 is 0 Å². The fraction of sp³-hybridized carbons (Fsp3) is 0.250. The molecule has 1 aliphatic carbocycles. The molecule has 1 atom stereocenters. The van der Waals surface area contributed by atoms with Crippen LogP contribution in [0, 0.1) is 39.9 Å². The molecule has 0 radical (unpaired) electrons. The number of nitrogens with zero attached hydrogens (tertiary/aromatic N) is 3. The second-order valence-corrected chi connectivity index (χ2v) is 2.32. The first-order valence-electron chi connectivity index (χ1n) is 3.21. The van der Waals surface area contributed by atoms with Crippen LogP contribution in [0.15, 0.2) is 11.1 Å². The summed E-state index contributed by atoms with van der Waals surface area (Å²) < 4.78 is 0. The van der Waals surface area contributed by atoms with Gasteiger partial charge in [0.05, 0.1) is 23.6 Å². The van der Waals surface area contributed by atoms with Crippen LogP contribution in [0.4, 0.5) is 0 Å². The van der Waals surface area contributed by atoms with E-state index in [0.29, 0.717) is 0 Å². The van der Waals surface area contributed by atoms with Crippen molar-refractivity contribution < 1.29 is 4.79 Å². The summed E-state index contributed by atoms with van der Waals surface area (Å²) in [6, 6.07) is 5.15. The Bertz CT molecular complexity index is 386. The molecule has 0 heterocycles. The Morgan fingerprint density at radius 1 is 1.25 bits per heavy atom. The van der Waals surface area contributed by atoms with Crippen LogP contribution in [0.25, 0.3) is 0 Å². The summed E-state index contributed by atoms with van der Waals surface area (Å²) in [7, 11) is 0. The van der Waals surface area contributed by atoms with Crippen molar-refractivity contribution in [2.45, 2.75) is 6.42 Å². The number of rotatable bonds is 0. The molecule has 0 amide bonds. The van der Waals surface area contributed by atoms with E-state index < -0.39 is 11.7 Å². The zero-order chi connectivity index (χ0) is 9.14. The molecule has 0 bridgehead atoms. The van der Waals surface area contributed by atoms with E-state index in [2.05, 4.69) is 0 Å². The van der Waals surface area contributed by atoms with Crippen LogP contribution in [0.1, 0.15) is 6.42 Å². The fourth-order valence-electron chi connectivity index (χ4n) is 1.08. The molecular formula is C8H3N3O. The number of hydrogen-bond acceptors (Lipinski definition) is 4. The molecule has 0 aromatic carbocycles. The van der Waals surface area contributed by atoms with Gasteiger partial charge in [0.15, 0.2) is 5.78 Å². The van der Waals surface area contributed by atoms with Crippen LogP contribution < -0.4 is 0 Å². The molecule has 0 saturated carbocycles. The van der Waals surface area contributed by atoms with Crippen molar-refractivity contribution >= 4 is 5.78 Å². The molecule has 0 fully saturated rings. The van der Waals surface area contributed by atoms with E-state index in [1.54, 1.807) is 12.1 Å². The highest BCUT2D eigenvalue weighted by atomic mass is 16.1. The lowest BCUT2D eigenvalue weighted by Crippen LogP contribution is -1.95. The van der Waals surface area contributed by atoms with E-state index in [1.165, 1.54) is 0 Å². The first-order chi connectivity index (χ1) is 5.74. The molecular weight excluding hydrogens is 154 g/mol. The predicted octanol–water partition coefficient (Wildman–Crippen LogP) is 0.443. The summed E-state index contributed by atoms with van der Waals surface area (Å²) in [6.07, 6.45) is -0.0255. The van der Waals surface area contributed by atoms with Crippen molar-refractivity contribution in [1.29, 1.82) is 15.8 Å². The molecule has 0 N–H and O–H groups in total. The van der Waals surface area contributed by atoms with Crippen molar-refractivity contribution in [3.8, 4) is 18.2 Å². The Kier molecular flexibility index (Phi) is 1.90. The molecule has 1 rings (SSSR count). The summed E-state index contributed by atoms with van der Waals surface area (Å²) in [5.74, 6) is -1.11. The van der Waals surface area contributed by atoms with Gasteiger partial charge in [-0.25, -0.2) is 0 Å². The Morgan fingerprint density at radius 3 is 2.33 bits per heavy atom. The quantitative estimate of drug-likeness (QED) is 0.510. The molecule has 0 spiro atoms. The van der Waals surface area contributed by atoms with E-state index in [9.17, 15) is 4.79 Å². The maximum Gasteiger partial charge on any atom is 0.176 e. The number of carbonyl (C=O) groups is 1. The van der Waals surface area contributed by atoms with Crippen LogP contribution >= 0.6 is 0 Å². The van der Waals surface area contributed by atoms with Gasteiger partial charge in [-0.3, -0.25) is 4.79 Å². The summed E-state index contributed by atoms with van der Waals surface area (Å²) in [5, 5.41) is 25.5. The molecule has 0 aliphatic heterocycles. The molecule has 56 valence electrons. The Balaban J connectivity index is 3.23. The van der Waals surface area contributed by atoms with Crippen LogP contribution in [0.2, 0.25) is 0 Å². The Hall–Kier alpha value is -2.12. The van der Waals surface area contributed by atoms with E-state index in [-0.39, 0.29) is 17.6 Å². The average molecular weight is 157 g/mol. The highest BCUT2D eigenvalue weighted by molar-refractivity contribution is 6.04. The van der Waals surface area contributed by atoms with Gasteiger partial charge < -0.3 is 0 Å². The van der Waals surface area contributed by atoms with Crippen LogP contribution in [-0.2, 0) is 4.79 Å². The van der Waals surface area contributed by atoms with Gasteiger partial charge in [-0.05, 0) is 0 Å². The lowest BCUT2D eigenvalue weighted by molar-refractivity contribution is -0.114. The number of allylic oxidation sites excluding steroid dienone is 2. The predicted molar refractivity (Wildman–Crippen MR) is 37.0 cm³/mol. The van der Waals surface area contributed by atoms with Gasteiger partial charge in [0.1, 0.15) is 11.6 Å². The molecule has 12 heavy (non-hydrogen) atoms. The van der Waals surface area contributed by atoms with Crippen molar-refractivity contribution in [2.75, 3.05) is 0 Å². The van der Waals surface area contributed by atoms with E-state index in [0.717, 1.165) is 0 Å². The minimum Gasteiger partial charge on any atom is -0.293 e. The summed E-state index contributed by atoms with van der Waals surface area (Å²) >= 11 is 0. The standard InChI is InChI=1S/C8H3N3O/c9-2-5-1-8(12)7(4-11)6(5)3-10/h5H,1H2. The number of ketones is 1. The van der Waals surface area contributed by atoms with Crippen molar-refractivity contribution in [1.82, 2.24) is 0 Å². The third-order valence-corrected chi connectivity index (χ3v) is 1.67. The van der Waals surface area contributed by atoms with Gasteiger partial charge in [0.25, 0.3) is 0 Å². The van der Waals surface area contributed by atoms with Crippen LogP contribution in [-0.4, -0.2) is 5.78 Å². The minimum atomic E-state index is -0.711. The third-order valence-electron chi connectivity index (χ3n) is 1.67. The Morgan fingerprint density at radius 2 is 1.92 bits per heavy atom. The number of carbonyl (C=O) groups excluding carboxylic acids is 1. The highest BCUT2D eigenvalue weighted by Gasteiger charge is 2.32. The van der Waals surface area contributed by atoms with Crippen molar-refractivity contribution in [2.24, 2.45) is 5.92 Å². The first-order valence-corrected chi connectivity index (χ1v) is 3.21. The van der Waals surface area contributed by atoms with Gasteiger partial charge in [0.2, 0.25) is 0 Å². The monoisotopic (exact) mass is 157 g/mol. The largest absolute Gasteiger partial charge is 0.293 e. The summed E-state index contributed by atoms with van der Waals surface area (Å²) in [5.41, 5.74) is -0.131. The molecule has 0 aromatic heterocycles. The zero-order valence-corrected chi connectivity index (χ0v) is 6.03. The van der Waals surface area contributed by atoms with E-state index in [1.807, 2.05) is 6.07 Å². The van der Waals surface area contributed by atoms with Crippen molar-refractivity contribution in [3.05, 3.63) is 11.1 Å². The average Bonchev–Trinajstić information content (AvgIpc) is 2.40. The second kappa shape index (κ2) is 2.86. The molecule has 1 unspecified atom stereocenters. The molecule has 4 heteroatoms. The Labute approximate surface area is 68.9 Å². The van der Waals surface area contributed by atoms with Gasteiger partial charge in [-0.2, -0.15) is 15.8 Å². The molecule has 1 aliphatic rings. The lowest BCUT2D eigenvalue weighted by Gasteiger charge is -1.91. The third kappa shape index (κ3) is 0.944. The maximum absolute atomic E-state index is 11.0. The fourth-order valence-corrected chi connectivity index (χ4v) is 1.08. The lowest BCUT2D eigenvalue weighted by atomic mass is 10.0.